The van der Waals surface area contributed by atoms with Gasteiger partial charge in [-0.15, -0.1) is 0 Å². The molecule has 0 aromatic carbocycles. The third-order valence-corrected chi connectivity index (χ3v) is 2.83. The van der Waals surface area contributed by atoms with Crippen LogP contribution in [0.5, 0.6) is 0 Å². The third kappa shape index (κ3) is 0.560. The van der Waals surface area contributed by atoms with Crippen LogP contribution in [0.1, 0.15) is 13.3 Å². The summed E-state index contributed by atoms with van der Waals surface area (Å²) in [6, 6.07) is 0.698. The topological polar surface area (TPSA) is 49.3 Å². The Morgan fingerprint density at radius 1 is 1.70 bits per heavy atom. The molecular weight excluding hydrogens is 130 g/mol. The third-order valence-electron chi connectivity index (χ3n) is 2.83. The Kier molecular flexibility index (Phi) is 1.06. The van der Waals surface area contributed by atoms with E-state index in [1.165, 1.54) is 0 Å². The van der Waals surface area contributed by atoms with E-state index < -0.39 is 5.97 Å². The maximum absolute atomic E-state index is 10.5. The molecule has 2 N–H and O–H groups in total. The molecule has 0 aromatic heterocycles. The van der Waals surface area contributed by atoms with Gasteiger partial charge >= 0.3 is 5.97 Å². The molecule has 2 aliphatic heterocycles. The second-order valence-corrected chi connectivity index (χ2v) is 3.33. The van der Waals surface area contributed by atoms with Crippen LogP contribution in [0, 0.1) is 11.8 Å². The largest absolute Gasteiger partial charge is 0.481 e. The van der Waals surface area contributed by atoms with E-state index in [1.807, 2.05) is 0 Å². The van der Waals surface area contributed by atoms with Gasteiger partial charge in [-0.05, 0) is 19.3 Å². The molecule has 0 amide bonds. The minimum Gasteiger partial charge on any atom is -0.481 e. The highest BCUT2D eigenvalue weighted by atomic mass is 16.4. The summed E-state index contributed by atoms with van der Waals surface area (Å²) in [7, 11) is 0. The summed E-state index contributed by atoms with van der Waals surface area (Å²) in [5.41, 5.74) is 0. The number of hydrogen-bond donors (Lipinski definition) is 2. The van der Waals surface area contributed by atoms with Crippen molar-refractivity contribution < 1.29 is 9.90 Å². The molecule has 3 aliphatic rings. The van der Waals surface area contributed by atoms with Crippen molar-refractivity contribution in [3.05, 3.63) is 0 Å². The molecule has 0 unspecified atom stereocenters. The molecule has 0 radical (unpaired) electrons. The summed E-state index contributed by atoms with van der Waals surface area (Å²) in [5.74, 6) is -0.310. The van der Waals surface area contributed by atoms with E-state index in [4.69, 9.17) is 5.11 Å². The number of carbonyl (C=O) groups is 1. The van der Waals surface area contributed by atoms with Gasteiger partial charge in [0.1, 0.15) is 0 Å². The number of aliphatic carboxylic acids is 1. The maximum atomic E-state index is 10.5. The van der Waals surface area contributed by atoms with Gasteiger partial charge in [0.15, 0.2) is 0 Å². The standard InChI is InChI=1S/C7H11NO2/c1-3-4-2-5(8-3)6(4)7(9)10/h3-6,8H,2H2,1H3,(H,9,10)/t3-,4-,5-,6+/m0/s1. The molecule has 1 aliphatic carbocycles. The lowest BCUT2D eigenvalue weighted by Crippen LogP contribution is -2.42. The average molecular weight is 141 g/mol. The van der Waals surface area contributed by atoms with E-state index in [0.717, 1.165) is 6.42 Å². The molecule has 10 heavy (non-hydrogen) atoms. The Morgan fingerprint density at radius 2 is 2.40 bits per heavy atom. The van der Waals surface area contributed by atoms with Crippen LogP contribution in [-0.2, 0) is 4.79 Å². The Morgan fingerprint density at radius 3 is 2.60 bits per heavy atom. The normalized spacial score (nSPS) is 50.5. The highest BCUT2D eigenvalue weighted by Gasteiger charge is 2.54. The first-order valence-corrected chi connectivity index (χ1v) is 3.69. The molecule has 1 saturated carbocycles. The fraction of sp³-hybridized carbons (Fsp3) is 0.857. The van der Waals surface area contributed by atoms with E-state index in [9.17, 15) is 4.79 Å². The molecule has 2 heterocycles. The lowest BCUT2D eigenvalue weighted by atomic mass is 9.72. The monoisotopic (exact) mass is 141 g/mol. The smallest absolute Gasteiger partial charge is 0.308 e. The number of nitrogens with one attached hydrogen (secondary N) is 1. The fourth-order valence-electron chi connectivity index (χ4n) is 2.19. The SMILES string of the molecule is C[C@@H]1N[C@H]2C[C@@H]1[C@H]2C(=O)O. The minimum absolute atomic E-state index is 0.0880. The van der Waals surface area contributed by atoms with Crippen LogP contribution in [0.25, 0.3) is 0 Å². The van der Waals surface area contributed by atoms with Crippen molar-refractivity contribution in [1.82, 2.24) is 5.32 Å². The predicted octanol–water partition coefficient (Wildman–Crippen LogP) is 0.0674. The Balaban J connectivity index is 2.12. The van der Waals surface area contributed by atoms with Crippen LogP contribution < -0.4 is 5.32 Å². The van der Waals surface area contributed by atoms with Crippen molar-refractivity contribution in [3.63, 3.8) is 0 Å². The van der Waals surface area contributed by atoms with E-state index in [2.05, 4.69) is 12.2 Å². The molecular formula is C7H11NO2. The van der Waals surface area contributed by atoms with Crippen LogP contribution in [-0.4, -0.2) is 23.2 Å². The van der Waals surface area contributed by atoms with Crippen molar-refractivity contribution in [1.29, 1.82) is 0 Å². The Hall–Kier alpha value is -0.570. The van der Waals surface area contributed by atoms with Gasteiger partial charge in [0.2, 0.25) is 0 Å². The summed E-state index contributed by atoms with van der Waals surface area (Å²) < 4.78 is 0. The molecule has 3 heteroatoms. The van der Waals surface area contributed by atoms with Gasteiger partial charge in [0, 0.05) is 12.1 Å². The van der Waals surface area contributed by atoms with Crippen molar-refractivity contribution in [2.24, 2.45) is 11.8 Å². The van der Waals surface area contributed by atoms with Gasteiger partial charge in [0.25, 0.3) is 0 Å². The Labute approximate surface area is 59.4 Å². The first-order valence-electron chi connectivity index (χ1n) is 3.69. The van der Waals surface area contributed by atoms with Crippen LogP contribution in [0.15, 0.2) is 0 Å². The van der Waals surface area contributed by atoms with Gasteiger partial charge < -0.3 is 10.4 Å². The van der Waals surface area contributed by atoms with Crippen LogP contribution in [0.2, 0.25) is 0 Å². The van der Waals surface area contributed by atoms with Crippen molar-refractivity contribution in [2.75, 3.05) is 0 Å². The highest BCUT2D eigenvalue weighted by Crippen LogP contribution is 2.43. The molecule has 0 spiro atoms. The molecule has 56 valence electrons. The van der Waals surface area contributed by atoms with Gasteiger partial charge in [0.05, 0.1) is 5.92 Å². The maximum Gasteiger partial charge on any atom is 0.308 e. The molecule has 0 aromatic rings. The number of rotatable bonds is 1. The number of fused-ring (bicyclic) bond motifs is 1. The zero-order valence-electron chi connectivity index (χ0n) is 5.87. The van der Waals surface area contributed by atoms with Gasteiger partial charge in [-0.1, -0.05) is 0 Å². The molecule has 3 fully saturated rings. The highest BCUT2D eigenvalue weighted by molar-refractivity contribution is 5.73. The summed E-state index contributed by atoms with van der Waals surface area (Å²) >= 11 is 0. The average Bonchev–Trinajstić information content (AvgIpc) is 2.18. The first-order chi connectivity index (χ1) is 4.70. The lowest BCUT2D eigenvalue weighted by Gasteiger charge is -2.31. The summed E-state index contributed by atoms with van der Waals surface area (Å²) in [5, 5.41) is 11.9. The summed E-state index contributed by atoms with van der Waals surface area (Å²) in [4.78, 5) is 10.5. The van der Waals surface area contributed by atoms with Crippen molar-refractivity contribution in [2.45, 2.75) is 25.4 Å². The van der Waals surface area contributed by atoms with E-state index in [1.54, 1.807) is 0 Å². The number of hydrogen-bond acceptors (Lipinski definition) is 2. The quantitative estimate of drug-likeness (QED) is 0.543. The van der Waals surface area contributed by atoms with Gasteiger partial charge in [-0.2, -0.15) is 0 Å². The minimum atomic E-state index is -0.627. The second kappa shape index (κ2) is 1.72. The first kappa shape index (κ1) is 6.16. The summed E-state index contributed by atoms with van der Waals surface area (Å²) in [6.45, 7) is 2.06. The Bertz CT molecular complexity index is 180. The molecule has 2 saturated heterocycles. The van der Waals surface area contributed by atoms with E-state index >= 15 is 0 Å². The van der Waals surface area contributed by atoms with Gasteiger partial charge in [-0.3, -0.25) is 4.79 Å². The van der Waals surface area contributed by atoms with Crippen LogP contribution in [0.3, 0.4) is 0 Å². The predicted molar refractivity (Wildman–Crippen MR) is 35.6 cm³/mol. The summed E-state index contributed by atoms with van der Waals surface area (Å²) in [6.07, 6.45) is 1.07. The molecule has 2 bridgehead atoms. The van der Waals surface area contributed by atoms with Crippen molar-refractivity contribution in [3.8, 4) is 0 Å². The molecule has 3 rings (SSSR count). The van der Waals surface area contributed by atoms with Crippen molar-refractivity contribution >= 4 is 5.97 Å². The molecule has 3 nitrogen and oxygen atoms in total. The lowest BCUT2D eigenvalue weighted by molar-refractivity contribution is -0.146. The fourth-order valence-corrected chi connectivity index (χ4v) is 2.19. The van der Waals surface area contributed by atoms with Crippen LogP contribution in [0.4, 0.5) is 0 Å². The van der Waals surface area contributed by atoms with Crippen LogP contribution >= 0.6 is 0 Å². The van der Waals surface area contributed by atoms with E-state index in [0.29, 0.717) is 12.0 Å². The molecule has 4 atom stereocenters. The number of carboxylic acid groups (broad SMARTS) is 1. The second-order valence-electron chi connectivity index (χ2n) is 3.33. The zero-order valence-corrected chi connectivity index (χ0v) is 5.87. The van der Waals surface area contributed by atoms with Gasteiger partial charge in [-0.25, -0.2) is 0 Å². The zero-order chi connectivity index (χ0) is 7.30. The number of carboxylic acids is 1. The van der Waals surface area contributed by atoms with E-state index in [-0.39, 0.29) is 12.0 Å².